The Morgan fingerprint density at radius 2 is 1.78 bits per heavy atom. The highest BCUT2D eigenvalue weighted by atomic mass is 19.4. The van der Waals surface area contributed by atoms with Crippen molar-refractivity contribution in [3.8, 4) is 11.1 Å². The van der Waals surface area contributed by atoms with Gasteiger partial charge in [0.25, 0.3) is 11.8 Å². The molecule has 4 atom stereocenters. The van der Waals surface area contributed by atoms with Gasteiger partial charge in [0.2, 0.25) is 0 Å². The van der Waals surface area contributed by atoms with Crippen LogP contribution in [0.2, 0.25) is 0 Å². The predicted octanol–water partition coefficient (Wildman–Crippen LogP) is 5.24. The third-order valence-corrected chi connectivity index (χ3v) is 9.56. The first-order valence-electron chi connectivity index (χ1n) is 16.6. The van der Waals surface area contributed by atoms with E-state index in [1.54, 1.807) is 12.1 Å². The summed E-state index contributed by atoms with van der Waals surface area (Å²) in [6.45, 7) is 6.57. The average molecular weight is 706 g/mol. The number of nitrogens with one attached hydrogen (secondary N) is 1. The first kappa shape index (κ1) is 37.2. The Kier molecular flexibility index (Phi) is 11.0. The second kappa shape index (κ2) is 15.0. The van der Waals surface area contributed by atoms with Gasteiger partial charge in [-0.1, -0.05) is 24.3 Å². The van der Waals surface area contributed by atoms with Crippen LogP contribution in [-0.4, -0.2) is 53.1 Å². The number of rotatable bonds is 9. The number of amidine groups is 1. The molecule has 3 heterocycles. The zero-order valence-corrected chi connectivity index (χ0v) is 28.6. The van der Waals surface area contributed by atoms with E-state index in [0.29, 0.717) is 50.0 Å². The minimum absolute atomic E-state index is 0.0195. The van der Waals surface area contributed by atoms with Crippen LogP contribution in [0.15, 0.2) is 53.7 Å². The van der Waals surface area contributed by atoms with E-state index in [1.807, 2.05) is 39.0 Å². The monoisotopic (exact) mass is 705 g/mol. The molecule has 51 heavy (non-hydrogen) atoms. The van der Waals surface area contributed by atoms with E-state index in [2.05, 4.69) is 14.9 Å². The fourth-order valence-electron chi connectivity index (χ4n) is 7.07. The minimum Gasteiger partial charge on any atom is -0.404 e. The molecule has 14 heteroatoms. The molecule has 2 aromatic carbocycles. The van der Waals surface area contributed by atoms with E-state index in [4.69, 9.17) is 27.3 Å². The molecule has 0 saturated carbocycles. The number of aromatic nitrogens is 1. The molecule has 3 unspecified atom stereocenters. The number of ether oxygens (including phenoxy) is 1. The zero-order chi connectivity index (χ0) is 37.2. The summed E-state index contributed by atoms with van der Waals surface area (Å²) in [5.74, 6) is -2.03. The molecule has 3 aromatic rings. The van der Waals surface area contributed by atoms with Gasteiger partial charge < -0.3 is 37.4 Å². The van der Waals surface area contributed by atoms with Crippen LogP contribution >= 0.6 is 0 Å². The smallest absolute Gasteiger partial charge is 0.404 e. The molecule has 2 fully saturated rings. The Bertz CT molecular complexity index is 1880. The van der Waals surface area contributed by atoms with Gasteiger partial charge in [-0.2, -0.15) is 18.2 Å². The number of allylic oxidation sites excluding steroid dienone is 1. The fraction of sp³-hybridized carbons (Fsp3) is 0.378. The van der Waals surface area contributed by atoms with Crippen molar-refractivity contribution in [2.75, 3.05) is 18.1 Å². The molecule has 11 nitrogen and oxygen atoms in total. The predicted molar refractivity (Wildman–Crippen MR) is 189 cm³/mol. The molecule has 5 rings (SSSR count). The summed E-state index contributed by atoms with van der Waals surface area (Å²) in [7, 11) is 0. The molecule has 2 saturated heterocycles. The van der Waals surface area contributed by atoms with E-state index in [0.717, 1.165) is 39.6 Å². The maximum Gasteiger partial charge on any atom is 0.433 e. The van der Waals surface area contributed by atoms with Crippen LogP contribution in [0.5, 0.6) is 0 Å². The number of aliphatic hydroxyl groups is 1. The molecular weight excluding hydrogens is 663 g/mol. The van der Waals surface area contributed by atoms with E-state index >= 15 is 0 Å². The number of hydrogen-bond acceptors (Lipinski definition) is 8. The Hall–Kier alpha value is -5.08. The molecule has 0 radical (unpaired) electrons. The third kappa shape index (κ3) is 7.81. The number of aliphatic imine (C=N–C) groups is 1. The van der Waals surface area contributed by atoms with Crippen LogP contribution in [0.4, 0.5) is 18.9 Å². The van der Waals surface area contributed by atoms with Gasteiger partial charge >= 0.3 is 6.18 Å². The Morgan fingerprint density at radius 3 is 2.35 bits per heavy atom. The number of nitrogens with zero attached hydrogens (tertiary/aromatic N) is 3. The first-order chi connectivity index (χ1) is 24.1. The van der Waals surface area contributed by atoms with Crippen molar-refractivity contribution in [1.29, 1.82) is 5.41 Å². The second-order valence-electron chi connectivity index (χ2n) is 13.1. The van der Waals surface area contributed by atoms with Gasteiger partial charge in [0.15, 0.2) is 6.10 Å². The van der Waals surface area contributed by atoms with Crippen LogP contribution in [0.3, 0.4) is 0 Å². The molecule has 270 valence electrons. The Balaban J connectivity index is 1.43. The largest absolute Gasteiger partial charge is 0.433 e. The number of alkyl halides is 3. The van der Waals surface area contributed by atoms with Crippen molar-refractivity contribution < 1.29 is 32.6 Å². The number of hydrogen-bond donors (Lipinski definition) is 5. The van der Waals surface area contributed by atoms with Crippen LogP contribution in [0.1, 0.15) is 84.0 Å². The Morgan fingerprint density at radius 1 is 1.10 bits per heavy atom. The quantitative estimate of drug-likeness (QED) is 0.147. The first-order valence-corrected chi connectivity index (χ1v) is 16.6. The number of carbonyl (C=O) groups is 2. The number of benzene rings is 2. The normalized spacial score (nSPS) is 20.7. The maximum absolute atomic E-state index is 13.5. The lowest BCUT2D eigenvalue weighted by Crippen LogP contribution is -2.43. The van der Waals surface area contributed by atoms with Crippen LogP contribution < -0.4 is 22.1 Å². The lowest BCUT2D eigenvalue weighted by atomic mass is 9.87. The number of nitrogens with two attached hydrogens (primary N) is 3. The van der Waals surface area contributed by atoms with Gasteiger partial charge in [-0.3, -0.25) is 9.59 Å². The van der Waals surface area contributed by atoms with Gasteiger partial charge in [0, 0.05) is 59.9 Å². The maximum atomic E-state index is 13.5. The van der Waals surface area contributed by atoms with E-state index in [-0.39, 0.29) is 23.1 Å². The molecular formula is C37H42F3N7O4. The minimum atomic E-state index is -4.66. The molecule has 0 aliphatic carbocycles. The summed E-state index contributed by atoms with van der Waals surface area (Å²) in [5, 5.41) is 18.2. The molecule has 0 spiro atoms. The van der Waals surface area contributed by atoms with Gasteiger partial charge in [-0.15, -0.1) is 0 Å². The van der Waals surface area contributed by atoms with Crippen molar-refractivity contribution >= 4 is 35.1 Å². The number of aliphatic hydroxyl groups excluding tert-OH is 1. The number of piperidine rings is 1. The molecule has 2 aliphatic rings. The number of carbonyl (C=O) groups excluding carboxylic acids is 2. The highest BCUT2D eigenvalue weighted by Crippen LogP contribution is 2.39. The van der Waals surface area contributed by atoms with E-state index < -0.39 is 41.8 Å². The lowest BCUT2D eigenvalue weighted by Gasteiger charge is -2.39. The van der Waals surface area contributed by atoms with Gasteiger partial charge in [-0.25, -0.2) is 4.98 Å². The molecule has 0 bridgehead atoms. The summed E-state index contributed by atoms with van der Waals surface area (Å²) in [5.41, 5.74) is 22.4. The molecule has 2 aliphatic heterocycles. The highest BCUT2D eigenvalue weighted by Gasteiger charge is 2.36. The van der Waals surface area contributed by atoms with Crippen molar-refractivity contribution in [2.24, 2.45) is 28.1 Å². The van der Waals surface area contributed by atoms with Crippen LogP contribution in [0.25, 0.3) is 16.7 Å². The number of pyridine rings is 1. The summed E-state index contributed by atoms with van der Waals surface area (Å²) >= 11 is 0. The third-order valence-electron chi connectivity index (χ3n) is 9.56. The standard InChI is InChI=1S/C37H42F3N7O4/c1-19-13-24(33(48)35(44)49)14-20(2)31(19)22-6-7-26(25(17-41)18-42)28(16-22)47-11-10-23(15-21(47)3)36(50)46-34(43)27-8-9-30(37(38,39)40)45-32(27)29-5-4-12-51-29/h6-9,13-14,16-18,21,23,29,33,41,48H,4-5,10-12,15,42H2,1-3H3,(H2,44,49)(H2,43,46,50)/b25-18+,41-17?/t21?,23-,29?,33?/m0/s1. The number of aryl methyl sites for hydroxylation is 2. The number of primary amides is 1. The number of amides is 2. The highest BCUT2D eigenvalue weighted by molar-refractivity contribution is 6.11. The topological polar surface area (TPSA) is 194 Å². The van der Waals surface area contributed by atoms with Gasteiger partial charge in [-0.05, 0) is 92.5 Å². The molecule has 8 N–H and O–H groups in total. The SMILES string of the molecule is Cc1cc(C(O)C(N)=O)cc(C)c1-c1ccc(/C(C=N)=C/N)c(N2CC[C@H](C(=O)N=C(N)c3ccc(C(F)(F)F)nc3C3CCCO3)CC2C)c1. The van der Waals surface area contributed by atoms with Crippen molar-refractivity contribution in [1.82, 2.24) is 4.98 Å². The number of halogens is 3. The van der Waals surface area contributed by atoms with Crippen LogP contribution in [0, 0.1) is 25.2 Å². The van der Waals surface area contributed by atoms with Gasteiger partial charge in [0.1, 0.15) is 17.6 Å². The van der Waals surface area contributed by atoms with Crippen molar-refractivity contribution in [2.45, 2.75) is 70.9 Å². The summed E-state index contributed by atoms with van der Waals surface area (Å²) in [4.78, 5) is 35.3. The lowest BCUT2D eigenvalue weighted by molar-refractivity contribution is -0.141. The van der Waals surface area contributed by atoms with Crippen LogP contribution in [-0.2, 0) is 20.5 Å². The zero-order valence-electron chi connectivity index (χ0n) is 28.6. The Labute approximate surface area is 293 Å². The fourth-order valence-corrected chi connectivity index (χ4v) is 7.07. The van der Waals surface area contributed by atoms with E-state index in [1.165, 1.54) is 18.5 Å². The van der Waals surface area contributed by atoms with Crippen molar-refractivity contribution in [3.63, 3.8) is 0 Å². The van der Waals surface area contributed by atoms with Gasteiger partial charge in [0.05, 0.1) is 5.69 Å². The van der Waals surface area contributed by atoms with Crippen molar-refractivity contribution in [3.05, 3.63) is 87.9 Å². The summed E-state index contributed by atoms with van der Waals surface area (Å²) in [6, 6.07) is 11.1. The molecule has 2 amide bonds. The average Bonchev–Trinajstić information content (AvgIpc) is 3.63. The molecule has 1 aromatic heterocycles. The number of anilines is 1. The second-order valence-corrected chi connectivity index (χ2v) is 13.1. The summed E-state index contributed by atoms with van der Waals surface area (Å²) < 4.78 is 46.1. The van der Waals surface area contributed by atoms with E-state index in [9.17, 15) is 27.9 Å². The summed E-state index contributed by atoms with van der Waals surface area (Å²) in [6.07, 6.45) is -2.27.